The molecule has 0 radical (unpaired) electrons. The molecule has 3 nitrogen and oxygen atoms in total. The lowest BCUT2D eigenvalue weighted by atomic mass is 9.84. The first-order valence-corrected chi connectivity index (χ1v) is 7.29. The quantitative estimate of drug-likeness (QED) is 0.463. The summed E-state index contributed by atoms with van der Waals surface area (Å²) in [7, 11) is 0. The lowest BCUT2D eigenvalue weighted by Gasteiger charge is -2.25. The van der Waals surface area contributed by atoms with Gasteiger partial charge in [0.2, 0.25) is 0 Å². The normalized spacial score (nSPS) is 16.8. The minimum atomic E-state index is -0.0509. The largest absolute Gasteiger partial charge is 0.342 e. The number of benzene rings is 1. The molecule has 0 unspecified atom stereocenters. The molecule has 1 heterocycles. The lowest BCUT2D eigenvalue weighted by molar-refractivity contribution is -0.288. The fourth-order valence-electron chi connectivity index (χ4n) is 2.41. The van der Waals surface area contributed by atoms with E-state index in [2.05, 4.69) is 59.5 Å². The zero-order valence-electron chi connectivity index (χ0n) is 11.7. The molecular weight excluding hydrogens is 306 g/mol. The second-order valence-corrected chi connectivity index (χ2v) is 6.03. The number of fused-ring (bicyclic) bond motifs is 1. The average molecular weight is 326 g/mol. The number of allylic oxidation sites excluding steroid dienone is 1. The van der Waals surface area contributed by atoms with E-state index in [-0.39, 0.29) is 5.41 Å². The fourth-order valence-corrected chi connectivity index (χ4v) is 2.77. The molecule has 0 saturated heterocycles. The summed E-state index contributed by atoms with van der Waals surface area (Å²) in [4.78, 5) is 12.2. The molecule has 104 valence electrons. The van der Waals surface area contributed by atoms with Gasteiger partial charge in [-0.25, -0.2) is 9.78 Å². The van der Waals surface area contributed by atoms with Gasteiger partial charge in [0.1, 0.15) is 6.61 Å². The predicted molar refractivity (Wildman–Crippen MR) is 81.2 cm³/mol. The molecular formula is C15H20BrNO2. The summed E-state index contributed by atoms with van der Waals surface area (Å²) in [6.45, 7) is 12.4. The summed E-state index contributed by atoms with van der Waals surface area (Å²) in [5.74, 6) is 0. The molecule has 0 fully saturated rings. The van der Waals surface area contributed by atoms with Crippen LogP contribution in [-0.2, 0) is 15.2 Å². The highest BCUT2D eigenvalue weighted by molar-refractivity contribution is 9.10. The van der Waals surface area contributed by atoms with E-state index in [1.54, 1.807) is 0 Å². The molecule has 0 amide bonds. The van der Waals surface area contributed by atoms with Gasteiger partial charge in [-0.15, -0.1) is 0 Å². The molecule has 0 N–H and O–H groups in total. The number of nitrogens with zero attached hydrogens (tertiary/aromatic N) is 1. The Morgan fingerprint density at radius 1 is 1.32 bits per heavy atom. The Morgan fingerprint density at radius 2 is 2.05 bits per heavy atom. The number of halogens is 1. The molecule has 1 aromatic rings. The maximum atomic E-state index is 5.11. The summed E-state index contributed by atoms with van der Waals surface area (Å²) in [5.41, 5.74) is 3.55. The third-order valence-corrected chi connectivity index (χ3v) is 4.06. The van der Waals surface area contributed by atoms with Gasteiger partial charge in [0, 0.05) is 27.8 Å². The smallest absolute Gasteiger partial charge is 0.100 e. The molecule has 0 spiro atoms. The highest BCUT2D eigenvalue weighted by atomic mass is 79.9. The van der Waals surface area contributed by atoms with Gasteiger partial charge in [-0.3, -0.25) is 0 Å². The monoisotopic (exact) mass is 325 g/mol. The zero-order chi connectivity index (χ0) is 14.0. The zero-order valence-corrected chi connectivity index (χ0v) is 13.3. The van der Waals surface area contributed by atoms with Gasteiger partial charge in [-0.1, -0.05) is 36.4 Å². The van der Waals surface area contributed by atoms with Crippen LogP contribution in [0.25, 0.3) is 0 Å². The molecule has 0 aromatic heterocycles. The number of hydrogen-bond donors (Lipinski definition) is 0. The van der Waals surface area contributed by atoms with E-state index in [1.807, 2.05) is 6.92 Å². The van der Waals surface area contributed by atoms with Gasteiger partial charge in [-0.05, 0) is 30.7 Å². The van der Waals surface area contributed by atoms with Crippen molar-refractivity contribution in [1.82, 2.24) is 0 Å². The molecule has 19 heavy (non-hydrogen) atoms. The molecule has 1 aliphatic rings. The van der Waals surface area contributed by atoms with E-state index >= 15 is 0 Å². The Labute approximate surface area is 123 Å². The van der Waals surface area contributed by atoms with Crippen LogP contribution in [0.1, 0.15) is 26.3 Å². The maximum Gasteiger partial charge on any atom is 0.100 e. The van der Waals surface area contributed by atoms with Crippen LogP contribution in [0.3, 0.4) is 0 Å². The van der Waals surface area contributed by atoms with Crippen molar-refractivity contribution < 1.29 is 9.78 Å². The predicted octanol–water partition coefficient (Wildman–Crippen LogP) is 4.03. The third kappa shape index (κ3) is 2.71. The molecule has 1 aromatic carbocycles. The highest BCUT2D eigenvalue weighted by Crippen LogP contribution is 2.47. The molecule has 1 aliphatic heterocycles. The summed E-state index contributed by atoms with van der Waals surface area (Å²) >= 11 is 3.54. The van der Waals surface area contributed by atoms with Gasteiger partial charge in [0.05, 0.1) is 6.61 Å². The van der Waals surface area contributed by atoms with Crippen LogP contribution in [0.4, 0.5) is 5.69 Å². The van der Waals surface area contributed by atoms with Gasteiger partial charge >= 0.3 is 0 Å². The van der Waals surface area contributed by atoms with Crippen LogP contribution in [0.2, 0.25) is 0 Å². The van der Waals surface area contributed by atoms with Crippen molar-refractivity contribution in [2.75, 3.05) is 24.7 Å². The van der Waals surface area contributed by atoms with E-state index in [1.165, 1.54) is 11.3 Å². The van der Waals surface area contributed by atoms with Crippen molar-refractivity contribution in [2.45, 2.75) is 26.2 Å². The van der Waals surface area contributed by atoms with Crippen LogP contribution >= 0.6 is 15.9 Å². The van der Waals surface area contributed by atoms with Crippen LogP contribution in [0.5, 0.6) is 0 Å². The van der Waals surface area contributed by atoms with Crippen molar-refractivity contribution in [3.8, 4) is 0 Å². The Hall–Kier alpha value is -0.840. The Balaban J connectivity index is 2.20. The first-order valence-electron chi connectivity index (χ1n) is 6.50. The van der Waals surface area contributed by atoms with Gasteiger partial charge in [0.15, 0.2) is 0 Å². The third-order valence-electron chi connectivity index (χ3n) is 3.57. The topological polar surface area (TPSA) is 21.7 Å². The summed E-state index contributed by atoms with van der Waals surface area (Å²) in [6.07, 6.45) is 0. The number of anilines is 1. The van der Waals surface area contributed by atoms with Gasteiger partial charge < -0.3 is 4.90 Å². The summed E-state index contributed by atoms with van der Waals surface area (Å²) in [5, 5.41) is 0. The molecule has 2 rings (SSSR count). The van der Waals surface area contributed by atoms with Crippen LogP contribution in [-0.4, -0.2) is 19.8 Å². The van der Waals surface area contributed by atoms with E-state index < -0.39 is 0 Å². The minimum absolute atomic E-state index is 0.0509. The van der Waals surface area contributed by atoms with Crippen molar-refractivity contribution in [3.05, 3.63) is 40.5 Å². The van der Waals surface area contributed by atoms with Crippen molar-refractivity contribution >= 4 is 21.6 Å². The Kier molecular flexibility index (Phi) is 4.33. The average Bonchev–Trinajstić information content (AvgIpc) is 2.55. The number of hydrogen-bond acceptors (Lipinski definition) is 3. The maximum absolute atomic E-state index is 5.11. The molecule has 4 heteroatoms. The standard InChI is InChI=1S/C15H20BrNO2/c1-5-18-19-9-8-17-11(2)15(3,4)13-10-12(16)6-7-14(13)17/h6-7,10H,2,5,8-9H2,1,3-4H3. The Bertz CT molecular complexity index is 485. The first kappa shape index (κ1) is 14.6. The van der Waals surface area contributed by atoms with Crippen LogP contribution in [0.15, 0.2) is 34.9 Å². The molecule has 0 aliphatic carbocycles. The van der Waals surface area contributed by atoms with E-state index in [4.69, 9.17) is 9.78 Å². The summed E-state index contributed by atoms with van der Waals surface area (Å²) < 4.78 is 1.10. The fraction of sp³-hybridized carbons (Fsp3) is 0.467. The lowest BCUT2D eigenvalue weighted by Crippen LogP contribution is -2.28. The molecule has 0 bridgehead atoms. The Morgan fingerprint density at radius 3 is 2.74 bits per heavy atom. The van der Waals surface area contributed by atoms with Crippen molar-refractivity contribution in [3.63, 3.8) is 0 Å². The molecule has 0 saturated carbocycles. The van der Waals surface area contributed by atoms with Gasteiger partial charge in [0.25, 0.3) is 0 Å². The van der Waals surface area contributed by atoms with Crippen molar-refractivity contribution in [2.24, 2.45) is 0 Å². The van der Waals surface area contributed by atoms with Crippen molar-refractivity contribution in [1.29, 1.82) is 0 Å². The highest BCUT2D eigenvalue weighted by Gasteiger charge is 2.38. The minimum Gasteiger partial charge on any atom is -0.342 e. The van der Waals surface area contributed by atoms with Crippen LogP contribution in [0, 0.1) is 0 Å². The number of rotatable bonds is 5. The van der Waals surface area contributed by atoms with E-state index in [9.17, 15) is 0 Å². The van der Waals surface area contributed by atoms with Gasteiger partial charge in [-0.2, -0.15) is 0 Å². The summed E-state index contributed by atoms with van der Waals surface area (Å²) in [6, 6.07) is 6.36. The first-order chi connectivity index (χ1) is 8.98. The van der Waals surface area contributed by atoms with Crippen LogP contribution < -0.4 is 4.90 Å². The molecule has 0 atom stereocenters. The van der Waals surface area contributed by atoms with E-state index in [0.29, 0.717) is 13.2 Å². The second kappa shape index (κ2) is 5.65. The van der Waals surface area contributed by atoms with E-state index in [0.717, 1.165) is 16.7 Å². The SMILES string of the molecule is C=C1N(CCOOCC)c2ccc(Br)cc2C1(C)C. The second-order valence-electron chi connectivity index (χ2n) is 5.11.